The Morgan fingerprint density at radius 2 is 2.00 bits per heavy atom. The Bertz CT molecular complexity index is 815. The van der Waals surface area contributed by atoms with Crippen molar-refractivity contribution in [3.63, 3.8) is 0 Å². The minimum atomic E-state index is -4.08. The van der Waals surface area contributed by atoms with E-state index < -0.39 is 16.0 Å². The van der Waals surface area contributed by atoms with Gasteiger partial charge in [0, 0.05) is 0 Å². The highest BCUT2D eigenvalue weighted by Crippen LogP contribution is 2.33. The summed E-state index contributed by atoms with van der Waals surface area (Å²) in [6.07, 6.45) is 0. The van der Waals surface area contributed by atoms with Crippen molar-refractivity contribution in [2.24, 2.45) is 0 Å². The fourth-order valence-electron chi connectivity index (χ4n) is 1.69. The molecule has 0 fully saturated rings. The van der Waals surface area contributed by atoms with Crippen molar-refractivity contribution < 1.29 is 18.3 Å². The minimum absolute atomic E-state index is 0.0486. The summed E-state index contributed by atoms with van der Waals surface area (Å²) in [7, 11) is -4.08. The van der Waals surface area contributed by atoms with Gasteiger partial charge in [-0.3, -0.25) is 4.72 Å². The molecule has 5 nitrogen and oxygen atoms in total. The van der Waals surface area contributed by atoms with Crippen LogP contribution in [0, 0.1) is 6.92 Å². The van der Waals surface area contributed by atoms with Crippen LogP contribution in [0.4, 0.5) is 5.69 Å². The average molecular weight is 366 g/mol. The molecule has 0 unspecified atom stereocenters. The van der Waals surface area contributed by atoms with Gasteiger partial charge in [0.05, 0.1) is 15.7 Å². The van der Waals surface area contributed by atoms with Gasteiger partial charge in [-0.25, -0.2) is 13.2 Å². The van der Waals surface area contributed by atoms with E-state index in [0.717, 1.165) is 11.3 Å². The lowest BCUT2D eigenvalue weighted by molar-refractivity contribution is 0.0698. The van der Waals surface area contributed by atoms with E-state index in [1.807, 2.05) is 0 Å². The van der Waals surface area contributed by atoms with Crippen LogP contribution in [0.25, 0.3) is 0 Å². The SMILES string of the molecule is Cc1csc(C(=O)O)c1S(=O)(=O)Nc1cccc(Cl)c1Cl. The summed E-state index contributed by atoms with van der Waals surface area (Å²) in [6, 6.07) is 4.48. The van der Waals surface area contributed by atoms with E-state index in [1.165, 1.54) is 30.5 Å². The van der Waals surface area contributed by atoms with Crippen LogP contribution in [0.3, 0.4) is 0 Å². The molecule has 0 spiro atoms. The molecule has 0 radical (unpaired) electrons. The van der Waals surface area contributed by atoms with E-state index in [4.69, 9.17) is 28.3 Å². The van der Waals surface area contributed by atoms with Gasteiger partial charge in [-0.15, -0.1) is 11.3 Å². The summed E-state index contributed by atoms with van der Waals surface area (Å²) in [5, 5.41) is 10.8. The number of benzene rings is 1. The number of carbonyl (C=O) groups is 1. The maximum atomic E-state index is 12.4. The van der Waals surface area contributed by atoms with Crippen LogP contribution in [0.5, 0.6) is 0 Å². The van der Waals surface area contributed by atoms with Crippen molar-refractivity contribution >= 4 is 56.2 Å². The van der Waals surface area contributed by atoms with Gasteiger partial charge in [-0.1, -0.05) is 29.3 Å². The molecule has 0 aliphatic heterocycles. The van der Waals surface area contributed by atoms with Crippen molar-refractivity contribution in [3.05, 3.63) is 44.1 Å². The van der Waals surface area contributed by atoms with E-state index in [0.29, 0.717) is 5.56 Å². The Kier molecular flexibility index (Phi) is 4.48. The van der Waals surface area contributed by atoms with Gasteiger partial charge in [0.15, 0.2) is 0 Å². The van der Waals surface area contributed by atoms with E-state index in [9.17, 15) is 13.2 Å². The molecule has 9 heteroatoms. The van der Waals surface area contributed by atoms with E-state index in [2.05, 4.69) is 4.72 Å². The summed E-state index contributed by atoms with van der Waals surface area (Å²) >= 11 is 12.6. The molecule has 2 aromatic rings. The topological polar surface area (TPSA) is 83.5 Å². The maximum absolute atomic E-state index is 12.4. The van der Waals surface area contributed by atoms with Crippen LogP contribution in [-0.4, -0.2) is 19.5 Å². The highest BCUT2D eigenvalue weighted by Gasteiger charge is 2.27. The van der Waals surface area contributed by atoms with Gasteiger partial charge in [0.25, 0.3) is 10.0 Å². The normalized spacial score (nSPS) is 11.4. The molecule has 1 heterocycles. The second kappa shape index (κ2) is 5.84. The third kappa shape index (κ3) is 3.16. The molecule has 0 bridgehead atoms. The second-order valence-electron chi connectivity index (χ2n) is 4.09. The molecule has 112 valence electrons. The van der Waals surface area contributed by atoms with Crippen molar-refractivity contribution in [2.75, 3.05) is 4.72 Å². The Labute approximate surface area is 135 Å². The quantitative estimate of drug-likeness (QED) is 0.861. The number of sulfonamides is 1. The van der Waals surface area contributed by atoms with Crippen molar-refractivity contribution in [2.45, 2.75) is 11.8 Å². The number of anilines is 1. The minimum Gasteiger partial charge on any atom is -0.477 e. The Balaban J connectivity index is 2.51. The van der Waals surface area contributed by atoms with Gasteiger partial charge >= 0.3 is 5.97 Å². The highest BCUT2D eigenvalue weighted by atomic mass is 35.5. The van der Waals surface area contributed by atoms with Gasteiger partial charge in [-0.2, -0.15) is 0 Å². The van der Waals surface area contributed by atoms with Crippen molar-refractivity contribution in [1.82, 2.24) is 0 Å². The lowest BCUT2D eigenvalue weighted by Crippen LogP contribution is -2.16. The number of carboxylic acids is 1. The summed E-state index contributed by atoms with van der Waals surface area (Å²) in [5.41, 5.74) is 0.439. The van der Waals surface area contributed by atoms with Crippen LogP contribution >= 0.6 is 34.5 Å². The summed E-state index contributed by atoms with van der Waals surface area (Å²) in [5.74, 6) is -1.30. The maximum Gasteiger partial charge on any atom is 0.347 e. The standard InChI is InChI=1S/C12H9Cl2NO4S2/c1-6-5-20-10(12(16)17)11(6)21(18,19)15-8-4-2-3-7(13)9(8)14/h2-5,15H,1H3,(H,16,17). The molecule has 0 aliphatic rings. The number of hydrogen-bond acceptors (Lipinski definition) is 4. The zero-order valence-electron chi connectivity index (χ0n) is 10.6. The molecule has 0 amide bonds. The smallest absolute Gasteiger partial charge is 0.347 e. The zero-order valence-corrected chi connectivity index (χ0v) is 13.7. The van der Waals surface area contributed by atoms with E-state index in [1.54, 1.807) is 0 Å². The Morgan fingerprint density at radius 3 is 2.62 bits per heavy atom. The van der Waals surface area contributed by atoms with Gasteiger partial charge < -0.3 is 5.11 Å². The van der Waals surface area contributed by atoms with Gasteiger partial charge in [0.1, 0.15) is 9.77 Å². The molecular weight excluding hydrogens is 357 g/mol. The van der Waals surface area contributed by atoms with Crippen LogP contribution in [0.2, 0.25) is 10.0 Å². The first kappa shape index (κ1) is 16.1. The molecule has 0 saturated carbocycles. The zero-order chi connectivity index (χ0) is 15.8. The number of carboxylic acid groups (broad SMARTS) is 1. The lowest BCUT2D eigenvalue weighted by Gasteiger charge is -2.11. The number of hydrogen-bond donors (Lipinski definition) is 2. The van der Waals surface area contributed by atoms with Crippen LogP contribution in [0.15, 0.2) is 28.5 Å². The molecule has 1 aromatic carbocycles. The fourth-order valence-corrected chi connectivity index (χ4v) is 4.80. The molecule has 0 aliphatic carbocycles. The summed E-state index contributed by atoms with van der Waals surface area (Å²) in [4.78, 5) is 10.6. The number of thiophene rings is 1. The van der Waals surface area contributed by atoms with Gasteiger partial charge in [-0.05, 0) is 30.0 Å². The first-order valence-corrected chi connectivity index (χ1v) is 8.64. The molecule has 0 atom stereocenters. The average Bonchev–Trinajstić information content (AvgIpc) is 2.78. The molecule has 0 saturated heterocycles. The largest absolute Gasteiger partial charge is 0.477 e. The van der Waals surface area contributed by atoms with Crippen LogP contribution < -0.4 is 4.72 Å². The summed E-state index contributed by atoms with van der Waals surface area (Å²) < 4.78 is 27.1. The Morgan fingerprint density at radius 1 is 1.33 bits per heavy atom. The number of rotatable bonds is 4. The fraction of sp³-hybridized carbons (Fsp3) is 0.0833. The number of nitrogens with one attached hydrogen (secondary N) is 1. The first-order valence-electron chi connectivity index (χ1n) is 5.52. The lowest BCUT2D eigenvalue weighted by atomic mass is 10.3. The van der Waals surface area contributed by atoms with Gasteiger partial charge in [0.2, 0.25) is 0 Å². The third-order valence-corrected chi connectivity index (χ3v) is 6.16. The third-order valence-electron chi connectivity index (χ3n) is 2.58. The van der Waals surface area contributed by atoms with Crippen molar-refractivity contribution in [3.8, 4) is 0 Å². The second-order valence-corrected chi connectivity index (χ2v) is 7.37. The van der Waals surface area contributed by atoms with Crippen molar-refractivity contribution in [1.29, 1.82) is 0 Å². The Hall–Kier alpha value is -1.28. The highest BCUT2D eigenvalue weighted by molar-refractivity contribution is 7.93. The molecule has 1 aromatic heterocycles. The van der Waals surface area contributed by atoms with Crippen LogP contribution in [-0.2, 0) is 10.0 Å². The monoisotopic (exact) mass is 365 g/mol. The van der Waals surface area contributed by atoms with Crippen LogP contribution in [0.1, 0.15) is 15.2 Å². The predicted octanol–water partition coefficient (Wildman–Crippen LogP) is 3.86. The molecular formula is C12H9Cl2NO4S2. The predicted molar refractivity (Wildman–Crippen MR) is 83.3 cm³/mol. The van der Waals surface area contributed by atoms with E-state index >= 15 is 0 Å². The summed E-state index contributed by atoms with van der Waals surface area (Å²) in [6.45, 7) is 1.52. The van der Waals surface area contributed by atoms with E-state index in [-0.39, 0.29) is 25.5 Å². The molecule has 21 heavy (non-hydrogen) atoms. The first-order chi connectivity index (χ1) is 9.74. The number of aryl methyl sites for hydroxylation is 1. The molecule has 2 rings (SSSR count). The number of halogens is 2. The molecule has 2 N–H and O–H groups in total. The number of aromatic carboxylic acids is 1.